The number of para-hydroxylation sites is 2. The number of pyridine rings is 1. The summed E-state index contributed by atoms with van der Waals surface area (Å²) in [5.41, 5.74) is 3.65. The van der Waals surface area contributed by atoms with Gasteiger partial charge in [-0.25, -0.2) is 5.90 Å². The summed E-state index contributed by atoms with van der Waals surface area (Å²) in [4.78, 5) is 8.29. The van der Waals surface area contributed by atoms with E-state index in [9.17, 15) is 0 Å². The third-order valence-corrected chi connectivity index (χ3v) is 5.63. The van der Waals surface area contributed by atoms with Crippen LogP contribution < -0.4 is 15.4 Å². The van der Waals surface area contributed by atoms with Gasteiger partial charge in [-0.15, -0.1) is 0 Å². The highest BCUT2D eigenvalue weighted by molar-refractivity contribution is 8.03. The molecule has 0 radical (unpaired) electrons. The van der Waals surface area contributed by atoms with Crippen molar-refractivity contribution >= 4 is 34.4 Å². The molecule has 5 heteroatoms. The lowest BCUT2D eigenvalue weighted by Crippen LogP contribution is -2.37. The van der Waals surface area contributed by atoms with Crippen LogP contribution in [0.25, 0.3) is 17.0 Å². The van der Waals surface area contributed by atoms with Crippen molar-refractivity contribution in [3.05, 3.63) is 71.4 Å². The summed E-state index contributed by atoms with van der Waals surface area (Å²) in [5.74, 6) is 5.19. The topological polar surface area (TPSA) is 42.4 Å². The molecule has 0 unspecified atom stereocenters. The van der Waals surface area contributed by atoms with Gasteiger partial charge >= 0.3 is 0 Å². The van der Waals surface area contributed by atoms with Gasteiger partial charge in [-0.1, -0.05) is 36.0 Å². The maximum Gasteiger partial charge on any atom is 0.213 e. The monoisotopic (exact) mass is 350 g/mol. The lowest BCUT2D eigenvalue weighted by molar-refractivity contribution is -0.673. The minimum atomic E-state index is 0.489. The van der Waals surface area contributed by atoms with E-state index in [4.69, 9.17) is 10.7 Å². The SMILES string of the molecule is CN1/C(=C/c2cc[n+](CCON)c3ccccc23)Sc2ccccc21. The van der Waals surface area contributed by atoms with E-state index in [1.807, 2.05) is 11.8 Å². The van der Waals surface area contributed by atoms with Gasteiger partial charge in [0.05, 0.1) is 16.1 Å². The standard InChI is InChI=1S/C20H20N3OS/c1-22-18-8-4-5-9-19(18)25-20(22)14-15-10-11-23(12-13-24-21)17-7-3-2-6-16(15)17/h2-11,14H,12-13,21H2,1H3/q+1. The van der Waals surface area contributed by atoms with E-state index in [0.29, 0.717) is 6.61 Å². The molecule has 1 aliphatic rings. The Kier molecular flexibility index (Phi) is 4.44. The van der Waals surface area contributed by atoms with Crippen molar-refractivity contribution < 1.29 is 9.40 Å². The number of fused-ring (bicyclic) bond motifs is 2. The highest BCUT2D eigenvalue weighted by Gasteiger charge is 2.22. The highest BCUT2D eigenvalue weighted by Crippen LogP contribution is 2.45. The largest absolute Gasteiger partial charge is 0.338 e. The van der Waals surface area contributed by atoms with Crippen molar-refractivity contribution in [1.82, 2.24) is 0 Å². The van der Waals surface area contributed by atoms with Crippen LogP contribution in [-0.4, -0.2) is 13.7 Å². The van der Waals surface area contributed by atoms with Crippen molar-refractivity contribution in [2.45, 2.75) is 11.4 Å². The molecule has 0 atom stereocenters. The summed E-state index contributed by atoms with van der Waals surface area (Å²) in [6, 6.07) is 19.1. The molecule has 0 spiro atoms. The molecule has 1 aromatic heterocycles. The maximum absolute atomic E-state index is 5.19. The van der Waals surface area contributed by atoms with E-state index in [1.54, 1.807) is 0 Å². The Hall–Kier alpha value is -2.34. The Morgan fingerprint density at radius 2 is 1.92 bits per heavy atom. The van der Waals surface area contributed by atoms with Gasteiger partial charge in [0.25, 0.3) is 0 Å². The normalized spacial score (nSPS) is 15.1. The molecule has 126 valence electrons. The van der Waals surface area contributed by atoms with Crippen LogP contribution in [0, 0.1) is 0 Å². The Morgan fingerprint density at radius 3 is 2.76 bits per heavy atom. The lowest BCUT2D eigenvalue weighted by Gasteiger charge is -2.13. The molecule has 3 aromatic rings. The van der Waals surface area contributed by atoms with E-state index >= 15 is 0 Å². The molecule has 1 aliphatic heterocycles. The fraction of sp³-hybridized carbons (Fsp3) is 0.150. The van der Waals surface area contributed by atoms with E-state index in [2.05, 4.69) is 83.4 Å². The number of aromatic nitrogens is 1. The third-order valence-electron chi connectivity index (χ3n) is 4.46. The van der Waals surface area contributed by atoms with Crippen LogP contribution in [0.5, 0.6) is 0 Å². The third kappa shape index (κ3) is 3.02. The Balaban J connectivity index is 1.76. The van der Waals surface area contributed by atoms with E-state index in [-0.39, 0.29) is 0 Å². The average molecular weight is 350 g/mol. The van der Waals surface area contributed by atoms with Gasteiger partial charge in [-0.05, 0) is 29.8 Å². The zero-order chi connectivity index (χ0) is 17.2. The molecule has 0 amide bonds. The number of nitrogens with two attached hydrogens (primary N) is 1. The van der Waals surface area contributed by atoms with Gasteiger partial charge in [-0.2, -0.15) is 4.57 Å². The van der Waals surface area contributed by atoms with Gasteiger partial charge in [0, 0.05) is 24.1 Å². The minimum absolute atomic E-state index is 0.489. The second-order valence-electron chi connectivity index (χ2n) is 5.96. The van der Waals surface area contributed by atoms with Gasteiger partial charge in [0.2, 0.25) is 5.52 Å². The minimum Gasteiger partial charge on any atom is -0.338 e. The summed E-state index contributed by atoms with van der Waals surface area (Å²) in [6.07, 6.45) is 4.36. The van der Waals surface area contributed by atoms with Crippen LogP contribution in [0.15, 0.2) is 70.7 Å². The molecular weight excluding hydrogens is 330 g/mol. The Morgan fingerprint density at radius 1 is 1.12 bits per heavy atom. The lowest BCUT2D eigenvalue weighted by atomic mass is 10.1. The summed E-state index contributed by atoms with van der Waals surface area (Å²) < 4.78 is 2.17. The van der Waals surface area contributed by atoms with E-state index in [1.165, 1.54) is 32.1 Å². The Bertz CT molecular complexity index is 955. The number of benzene rings is 2. The number of hydrogen-bond donors (Lipinski definition) is 1. The second kappa shape index (κ2) is 6.88. The summed E-state index contributed by atoms with van der Waals surface area (Å²) in [7, 11) is 2.12. The fourth-order valence-corrected chi connectivity index (χ4v) is 4.26. The highest BCUT2D eigenvalue weighted by atomic mass is 32.2. The molecule has 0 fully saturated rings. The van der Waals surface area contributed by atoms with E-state index < -0.39 is 0 Å². The van der Waals surface area contributed by atoms with Crippen LogP contribution >= 0.6 is 11.8 Å². The molecule has 2 aromatic carbocycles. The van der Waals surface area contributed by atoms with Crippen molar-refractivity contribution in [3.8, 4) is 0 Å². The van der Waals surface area contributed by atoms with Crippen LogP contribution in [0.1, 0.15) is 5.56 Å². The van der Waals surface area contributed by atoms with Crippen molar-refractivity contribution in [2.75, 3.05) is 18.6 Å². The summed E-state index contributed by atoms with van der Waals surface area (Å²) in [5, 5.41) is 2.45. The zero-order valence-electron chi connectivity index (χ0n) is 14.1. The quantitative estimate of drug-likeness (QED) is 0.577. The van der Waals surface area contributed by atoms with Gasteiger partial charge in [-0.3, -0.25) is 4.84 Å². The molecule has 0 bridgehead atoms. The van der Waals surface area contributed by atoms with Crippen LogP contribution in [0.2, 0.25) is 0 Å². The first-order valence-corrected chi connectivity index (χ1v) is 9.05. The molecule has 4 rings (SSSR count). The fourth-order valence-electron chi connectivity index (χ4n) is 3.16. The molecular formula is C20H20N3OS+. The van der Waals surface area contributed by atoms with Gasteiger partial charge < -0.3 is 4.90 Å². The van der Waals surface area contributed by atoms with Crippen LogP contribution in [0.4, 0.5) is 5.69 Å². The molecule has 4 nitrogen and oxygen atoms in total. The van der Waals surface area contributed by atoms with Gasteiger partial charge in [0.15, 0.2) is 12.7 Å². The predicted octanol–water partition coefficient (Wildman–Crippen LogP) is 3.56. The number of anilines is 1. The maximum atomic E-state index is 5.19. The summed E-state index contributed by atoms with van der Waals surface area (Å²) >= 11 is 1.81. The first-order valence-electron chi connectivity index (χ1n) is 8.23. The first-order chi connectivity index (χ1) is 12.3. The Labute approximate surface area is 151 Å². The smallest absolute Gasteiger partial charge is 0.213 e. The first kappa shape index (κ1) is 16.1. The second-order valence-corrected chi connectivity index (χ2v) is 7.03. The number of rotatable bonds is 4. The van der Waals surface area contributed by atoms with Crippen LogP contribution in [-0.2, 0) is 11.4 Å². The number of nitrogens with zero attached hydrogens (tertiary/aromatic N) is 2. The molecule has 0 aliphatic carbocycles. The number of thioether (sulfide) groups is 1. The summed E-state index contributed by atoms with van der Waals surface area (Å²) in [6.45, 7) is 1.22. The molecule has 0 saturated carbocycles. The molecule has 0 saturated heterocycles. The van der Waals surface area contributed by atoms with Crippen molar-refractivity contribution in [1.29, 1.82) is 0 Å². The predicted molar refractivity (Wildman–Crippen MR) is 103 cm³/mol. The molecule has 25 heavy (non-hydrogen) atoms. The average Bonchev–Trinajstić information content (AvgIpc) is 2.97. The van der Waals surface area contributed by atoms with Crippen LogP contribution in [0.3, 0.4) is 0 Å². The zero-order valence-corrected chi connectivity index (χ0v) is 14.9. The molecule has 2 N–H and O–H groups in total. The van der Waals surface area contributed by atoms with Crippen molar-refractivity contribution in [3.63, 3.8) is 0 Å². The van der Waals surface area contributed by atoms with Crippen molar-refractivity contribution in [2.24, 2.45) is 5.90 Å². The van der Waals surface area contributed by atoms with Gasteiger partial charge in [0.1, 0.15) is 6.61 Å². The number of hydrogen-bond acceptors (Lipinski definition) is 4. The van der Waals surface area contributed by atoms with E-state index in [0.717, 1.165) is 6.54 Å². The molecule has 2 heterocycles.